The maximum absolute atomic E-state index is 13.0. The molecule has 2 bridgehead atoms. The number of carbonyl (C=O) groups excluding carboxylic acids is 4. The fourth-order valence-electron chi connectivity index (χ4n) is 2.82. The van der Waals surface area contributed by atoms with E-state index in [0.29, 0.717) is 0 Å². The van der Waals surface area contributed by atoms with Gasteiger partial charge in [-0.25, -0.2) is 4.79 Å². The van der Waals surface area contributed by atoms with Crippen molar-refractivity contribution in [3.63, 3.8) is 0 Å². The number of Topliss-reactive ketones (excluding diaryl/α,β-unsaturated/α-hetero) is 1. The number of ketones is 2. The van der Waals surface area contributed by atoms with Crippen molar-refractivity contribution < 1.29 is 28.7 Å². The van der Waals surface area contributed by atoms with Crippen LogP contribution in [0.15, 0.2) is 108 Å². The van der Waals surface area contributed by atoms with Gasteiger partial charge in [0.25, 0.3) is 5.78 Å². The minimum atomic E-state index is -1.04. The molecule has 0 saturated carbocycles. The number of esters is 1. The van der Waals surface area contributed by atoms with E-state index in [9.17, 15) is 19.2 Å². The first-order valence-electron chi connectivity index (χ1n) is 9.94. The highest BCUT2D eigenvalue weighted by molar-refractivity contribution is 6.43. The molecule has 0 atom stereocenters. The zero-order chi connectivity index (χ0) is 22.8. The monoisotopic (exact) mass is 431 g/mol. The van der Waals surface area contributed by atoms with Crippen molar-refractivity contribution in [2.75, 3.05) is 13.2 Å². The highest BCUT2D eigenvalue weighted by Gasteiger charge is 2.33. The van der Waals surface area contributed by atoms with Gasteiger partial charge in [-0.15, -0.1) is 0 Å². The van der Waals surface area contributed by atoms with E-state index in [1.165, 1.54) is 18.2 Å². The fourth-order valence-corrected chi connectivity index (χ4v) is 2.82. The summed E-state index contributed by atoms with van der Waals surface area (Å²) in [5.41, 5.74) is -0.0510. The van der Waals surface area contributed by atoms with Gasteiger partial charge in [0.15, 0.2) is 11.5 Å². The van der Waals surface area contributed by atoms with Crippen LogP contribution in [0.25, 0.3) is 0 Å². The first-order valence-corrected chi connectivity index (χ1v) is 9.94. The molecule has 3 aliphatic rings. The van der Waals surface area contributed by atoms with Crippen LogP contribution in [0.1, 0.15) is 6.42 Å². The summed E-state index contributed by atoms with van der Waals surface area (Å²) >= 11 is 0. The number of nitrogens with zero attached hydrogens (tertiary/aromatic N) is 1. The molecule has 0 aromatic heterocycles. The minimum Gasteiger partial charge on any atom is -0.461 e. The third kappa shape index (κ3) is 6.12. The van der Waals surface area contributed by atoms with E-state index in [4.69, 9.17) is 9.47 Å². The smallest absolute Gasteiger partial charge is 0.355 e. The summed E-state index contributed by atoms with van der Waals surface area (Å²) < 4.78 is 10.9. The van der Waals surface area contributed by atoms with Crippen molar-refractivity contribution in [3.8, 4) is 0 Å². The van der Waals surface area contributed by atoms with Gasteiger partial charge in [0.05, 0.1) is 6.61 Å². The van der Waals surface area contributed by atoms with E-state index in [2.05, 4.69) is 0 Å². The summed E-state index contributed by atoms with van der Waals surface area (Å²) in [6, 6.07) is 0. The quantitative estimate of drug-likeness (QED) is 0.433. The summed E-state index contributed by atoms with van der Waals surface area (Å²) in [5.74, 6) is -3.48. The summed E-state index contributed by atoms with van der Waals surface area (Å²) in [4.78, 5) is 51.7. The Hall–Kier alpha value is -4.26. The molecular formula is C25H21NO6. The molecule has 32 heavy (non-hydrogen) atoms. The van der Waals surface area contributed by atoms with E-state index < -0.39 is 29.2 Å². The molecule has 7 heteroatoms. The molecule has 1 fully saturated rings. The number of carbonyl (C=O) groups is 4. The maximum atomic E-state index is 13.0. The van der Waals surface area contributed by atoms with Crippen LogP contribution in [0.5, 0.6) is 0 Å². The van der Waals surface area contributed by atoms with Crippen LogP contribution < -0.4 is 0 Å². The summed E-state index contributed by atoms with van der Waals surface area (Å²) in [6.07, 6.45) is 24.1. The topological polar surface area (TPSA) is 90.0 Å². The van der Waals surface area contributed by atoms with E-state index in [1.807, 2.05) is 12.2 Å². The molecule has 3 aliphatic heterocycles. The molecule has 162 valence electrons. The standard InChI is InChI=1S/C25H21NO6/c27-19-12-8-6-4-2-1-3-5-7-9-13-20-15-17-31-25(30)21-14-10-11-16-26(21)24(29)23(28)22(18-19)32-20/h1-14,18H,15-17H2. The van der Waals surface area contributed by atoms with Crippen LogP contribution >= 0.6 is 0 Å². The highest BCUT2D eigenvalue weighted by Crippen LogP contribution is 2.20. The second-order valence-electron chi connectivity index (χ2n) is 6.66. The van der Waals surface area contributed by atoms with Crippen LogP contribution in [-0.4, -0.2) is 41.5 Å². The number of cyclic esters (lactones) is 1. The zero-order valence-corrected chi connectivity index (χ0v) is 17.2. The molecule has 0 aromatic carbocycles. The molecule has 7 nitrogen and oxygen atoms in total. The number of hydrogen-bond acceptors (Lipinski definition) is 6. The Labute approximate surface area is 185 Å². The van der Waals surface area contributed by atoms with Gasteiger partial charge in [0, 0.05) is 19.0 Å². The number of ether oxygens (including phenoxy) is 2. The lowest BCUT2D eigenvalue weighted by Crippen LogP contribution is -2.40. The lowest BCUT2D eigenvalue weighted by molar-refractivity contribution is -0.147. The predicted octanol–water partition coefficient (Wildman–Crippen LogP) is 2.93. The largest absolute Gasteiger partial charge is 0.461 e. The molecule has 0 radical (unpaired) electrons. The number of allylic oxidation sites excluding steroid dienone is 14. The lowest BCUT2D eigenvalue weighted by atomic mass is 10.1. The van der Waals surface area contributed by atoms with Gasteiger partial charge < -0.3 is 9.47 Å². The first kappa shape index (κ1) is 22.4. The van der Waals surface area contributed by atoms with Crippen molar-refractivity contribution in [1.82, 2.24) is 4.90 Å². The summed E-state index contributed by atoms with van der Waals surface area (Å²) in [6.45, 7) is -0.0248. The Balaban J connectivity index is 2.04. The van der Waals surface area contributed by atoms with E-state index >= 15 is 0 Å². The average molecular weight is 431 g/mol. The second kappa shape index (κ2) is 11.2. The lowest BCUT2D eigenvalue weighted by Gasteiger charge is -2.23. The molecule has 0 unspecified atom stereocenters. The van der Waals surface area contributed by atoms with Gasteiger partial charge in [-0.3, -0.25) is 19.3 Å². The minimum absolute atomic E-state index is 0.0166. The summed E-state index contributed by atoms with van der Waals surface area (Å²) in [5, 5.41) is 0. The number of rotatable bonds is 0. The van der Waals surface area contributed by atoms with Gasteiger partial charge in [0.2, 0.25) is 0 Å². The van der Waals surface area contributed by atoms with Gasteiger partial charge in [-0.2, -0.15) is 0 Å². The molecule has 1 amide bonds. The van der Waals surface area contributed by atoms with Crippen molar-refractivity contribution in [1.29, 1.82) is 0 Å². The van der Waals surface area contributed by atoms with Crippen LogP contribution in [0.2, 0.25) is 0 Å². The third-order valence-corrected chi connectivity index (χ3v) is 4.37. The molecule has 3 rings (SSSR count). The van der Waals surface area contributed by atoms with Crippen LogP contribution in [0.4, 0.5) is 0 Å². The third-order valence-electron chi connectivity index (χ3n) is 4.37. The highest BCUT2D eigenvalue weighted by atomic mass is 16.5. The van der Waals surface area contributed by atoms with E-state index in [1.54, 1.807) is 54.7 Å². The second-order valence-corrected chi connectivity index (χ2v) is 6.66. The van der Waals surface area contributed by atoms with Crippen LogP contribution in [-0.2, 0) is 28.7 Å². The molecule has 1 saturated heterocycles. The van der Waals surface area contributed by atoms with Crippen LogP contribution in [0, 0.1) is 0 Å². The SMILES string of the molecule is O=C1C=CC=CC=CC=CC=CC=C2CCOC(=O)C3=CC=CCN3C(=O)C(=O)C(=C1)O2. The Morgan fingerprint density at radius 2 is 1.47 bits per heavy atom. The Morgan fingerprint density at radius 1 is 0.781 bits per heavy atom. The molecular weight excluding hydrogens is 410 g/mol. The van der Waals surface area contributed by atoms with Gasteiger partial charge in [-0.1, -0.05) is 66.8 Å². The number of amides is 1. The Bertz CT molecular complexity index is 1080. The van der Waals surface area contributed by atoms with Crippen molar-refractivity contribution in [2.24, 2.45) is 0 Å². The molecule has 0 aliphatic carbocycles. The Kier molecular flexibility index (Phi) is 7.86. The molecule has 3 heterocycles. The van der Waals surface area contributed by atoms with Gasteiger partial charge in [0.1, 0.15) is 11.5 Å². The summed E-state index contributed by atoms with van der Waals surface area (Å²) in [7, 11) is 0. The van der Waals surface area contributed by atoms with Crippen molar-refractivity contribution >= 4 is 23.4 Å². The Morgan fingerprint density at radius 3 is 2.22 bits per heavy atom. The van der Waals surface area contributed by atoms with Crippen molar-refractivity contribution in [2.45, 2.75) is 6.42 Å². The molecule has 0 spiro atoms. The number of hydrogen-bond donors (Lipinski definition) is 0. The van der Waals surface area contributed by atoms with Gasteiger partial charge >= 0.3 is 11.9 Å². The molecule has 0 aromatic rings. The van der Waals surface area contributed by atoms with Crippen LogP contribution in [0.3, 0.4) is 0 Å². The normalized spacial score (nSPS) is 20.0. The number of fused-ring (bicyclic) bond motifs is 3. The zero-order valence-electron chi connectivity index (χ0n) is 17.2. The average Bonchev–Trinajstić information content (AvgIpc) is 2.80. The van der Waals surface area contributed by atoms with E-state index in [0.717, 1.165) is 11.0 Å². The first-order chi connectivity index (χ1) is 15.6. The van der Waals surface area contributed by atoms with Gasteiger partial charge in [-0.05, 0) is 18.2 Å². The fraction of sp³-hybridized carbons (Fsp3) is 0.120. The van der Waals surface area contributed by atoms with Crippen molar-refractivity contribution in [3.05, 3.63) is 108 Å². The van der Waals surface area contributed by atoms with E-state index in [-0.39, 0.29) is 31.0 Å². The maximum Gasteiger partial charge on any atom is 0.355 e. The molecule has 0 N–H and O–H groups in total. The predicted molar refractivity (Wildman–Crippen MR) is 117 cm³/mol.